The van der Waals surface area contributed by atoms with Crippen LogP contribution >= 0.6 is 34.7 Å². The average Bonchev–Trinajstić information content (AvgIpc) is 3.78. The first kappa shape index (κ1) is 32.7. The average molecular weight is 712 g/mol. The van der Waals surface area contributed by atoms with Crippen LogP contribution in [0.3, 0.4) is 0 Å². The van der Waals surface area contributed by atoms with E-state index in [9.17, 15) is 29.1 Å². The third kappa shape index (κ3) is 5.49. The zero-order valence-corrected chi connectivity index (χ0v) is 28.7. The zero-order valence-electron chi connectivity index (χ0n) is 26.3. The molecule has 1 saturated heterocycles. The van der Waals surface area contributed by atoms with Crippen molar-refractivity contribution in [1.82, 2.24) is 9.88 Å². The lowest BCUT2D eigenvalue weighted by Crippen LogP contribution is -2.47. The summed E-state index contributed by atoms with van der Waals surface area (Å²) in [5.41, 5.74) is 1.27. The molecule has 7 rings (SSSR count). The lowest BCUT2D eigenvalue weighted by Gasteiger charge is -2.43. The predicted molar refractivity (Wildman–Crippen MR) is 180 cm³/mol. The normalized spacial score (nSPS) is 27.4. The summed E-state index contributed by atoms with van der Waals surface area (Å²) in [6.45, 7) is 3.44. The Kier molecular flexibility index (Phi) is 8.57. The number of carbonyl (C=O) groups is 4. The number of carboxylic acid groups (broad SMARTS) is 1. The molecule has 1 aromatic heterocycles. The number of benzene rings is 2. The van der Waals surface area contributed by atoms with Crippen molar-refractivity contribution in [3.8, 4) is 11.5 Å². The number of fused-ring (bicyclic) bond motifs is 9. The third-order valence-corrected chi connectivity index (χ3v) is 12.9. The van der Waals surface area contributed by atoms with Crippen LogP contribution in [0.25, 0.3) is 0 Å². The van der Waals surface area contributed by atoms with Gasteiger partial charge in [-0.1, -0.05) is 36.8 Å². The van der Waals surface area contributed by atoms with Crippen LogP contribution in [0.15, 0.2) is 52.3 Å². The van der Waals surface area contributed by atoms with Gasteiger partial charge in [-0.15, -0.1) is 11.8 Å². The Balaban J connectivity index is 1.21. The second-order valence-corrected chi connectivity index (χ2v) is 15.9. The largest absolute Gasteiger partial charge is 0.497 e. The number of halogens is 1. The molecule has 4 aliphatic rings. The molecule has 2 bridgehead atoms. The highest BCUT2D eigenvalue weighted by atomic mass is 35.5. The second kappa shape index (κ2) is 12.6. The lowest BCUT2D eigenvalue weighted by molar-refractivity contribution is -0.156. The molecule has 7 unspecified atom stereocenters. The summed E-state index contributed by atoms with van der Waals surface area (Å²) in [6.07, 6.45) is 0.821. The maximum absolute atomic E-state index is 14.1. The Morgan fingerprint density at radius 3 is 2.46 bits per heavy atom. The van der Waals surface area contributed by atoms with Crippen LogP contribution in [0.5, 0.6) is 11.5 Å². The van der Waals surface area contributed by atoms with Crippen LogP contribution in [0.1, 0.15) is 43.0 Å². The maximum atomic E-state index is 14.1. The number of carboxylic acids is 1. The standard InChI is InChI=1S/C34H34ClN3O8S2/c1-14(2)10-21(33(42)43)38-31(40)26-19-12-20(27(26)32(38)41)28-25(19)24(29-30(47-28)37-34(44)48-29)18-11-15(35)4-9-22(18)46-13-23(39)36-16-5-7-17(45-3)8-6-16/h4-9,11,14,19-21,24-28H,10,12-13H2,1-3H3,(H,36,39)(H,37,44)(H,42,43)/t19?,20?,21?,24-,25?,26?,27?,28?/m1/s1. The number of H-pyrrole nitrogens is 1. The zero-order chi connectivity index (χ0) is 34.0. The van der Waals surface area contributed by atoms with Crippen LogP contribution < -0.4 is 19.7 Å². The number of ether oxygens (including phenoxy) is 2. The number of likely N-dealkylation sites (tertiary alicyclic amines) is 1. The fourth-order valence-corrected chi connectivity index (χ4v) is 11.4. The number of aromatic amines is 1. The van der Waals surface area contributed by atoms with E-state index in [-0.39, 0.29) is 52.7 Å². The fourth-order valence-electron chi connectivity index (χ4n) is 8.37. The van der Waals surface area contributed by atoms with Crippen molar-refractivity contribution in [3.63, 3.8) is 0 Å². The van der Waals surface area contributed by atoms with E-state index in [0.717, 1.165) is 21.1 Å². The third-order valence-electron chi connectivity index (χ3n) is 10.1. The minimum absolute atomic E-state index is 0.0290. The fraction of sp³-hybridized carbons (Fsp3) is 0.441. The van der Waals surface area contributed by atoms with E-state index in [2.05, 4.69) is 10.3 Å². The van der Waals surface area contributed by atoms with Crippen LogP contribution in [-0.2, 0) is 19.2 Å². The van der Waals surface area contributed by atoms with Gasteiger partial charge < -0.3 is 24.9 Å². The van der Waals surface area contributed by atoms with E-state index < -0.39 is 41.6 Å². The van der Waals surface area contributed by atoms with E-state index in [4.69, 9.17) is 21.1 Å². The van der Waals surface area contributed by atoms with Gasteiger partial charge in [0.2, 0.25) is 11.8 Å². The van der Waals surface area contributed by atoms with Gasteiger partial charge in [0.05, 0.1) is 24.0 Å². The molecule has 3 heterocycles. The molecule has 2 aromatic carbocycles. The van der Waals surface area contributed by atoms with Gasteiger partial charge in [-0.2, -0.15) is 0 Å². The van der Waals surface area contributed by atoms with Crippen LogP contribution in [0.4, 0.5) is 5.69 Å². The molecule has 0 radical (unpaired) electrons. The van der Waals surface area contributed by atoms with Crippen LogP contribution in [-0.4, -0.2) is 63.7 Å². The molecule has 0 spiro atoms. The highest BCUT2D eigenvalue weighted by molar-refractivity contribution is 8.00. The van der Waals surface area contributed by atoms with Crippen molar-refractivity contribution < 1.29 is 33.8 Å². The van der Waals surface area contributed by atoms with Crippen molar-refractivity contribution in [3.05, 3.63) is 67.6 Å². The number of nitrogens with zero attached hydrogens (tertiary/aromatic N) is 1. The number of thiazole rings is 1. The predicted octanol–water partition coefficient (Wildman–Crippen LogP) is 5.09. The van der Waals surface area contributed by atoms with Crippen LogP contribution in [0, 0.1) is 35.5 Å². The Morgan fingerprint density at radius 1 is 1.08 bits per heavy atom. The highest BCUT2D eigenvalue weighted by Gasteiger charge is 2.70. The summed E-state index contributed by atoms with van der Waals surface area (Å²) >= 11 is 9.19. The molecule has 2 aliphatic heterocycles. The first-order valence-electron chi connectivity index (χ1n) is 15.8. The summed E-state index contributed by atoms with van der Waals surface area (Å²) in [7, 11) is 1.56. The summed E-state index contributed by atoms with van der Waals surface area (Å²) in [5.74, 6) is -3.56. The van der Waals surface area contributed by atoms with Crippen molar-refractivity contribution in [2.45, 2.75) is 48.9 Å². The molecule has 2 saturated carbocycles. The number of aromatic nitrogens is 1. The number of anilines is 1. The maximum Gasteiger partial charge on any atom is 0.326 e. The number of methoxy groups -OCH3 is 1. The second-order valence-electron chi connectivity index (χ2n) is 13.2. The van der Waals surface area contributed by atoms with Gasteiger partial charge in [0.1, 0.15) is 17.5 Å². The Labute approximate surface area is 289 Å². The van der Waals surface area contributed by atoms with E-state index in [0.29, 0.717) is 39.2 Å². The van der Waals surface area contributed by atoms with Gasteiger partial charge in [0.25, 0.3) is 5.91 Å². The Morgan fingerprint density at radius 2 is 1.79 bits per heavy atom. The molecule has 48 heavy (non-hydrogen) atoms. The Hall–Kier alpha value is -3.81. The van der Waals surface area contributed by atoms with Gasteiger partial charge in [-0.3, -0.25) is 24.1 Å². The Bertz CT molecular complexity index is 1860. The molecule has 14 heteroatoms. The molecule has 8 atom stereocenters. The van der Waals surface area contributed by atoms with E-state index in [1.54, 1.807) is 49.6 Å². The monoisotopic (exact) mass is 711 g/mol. The van der Waals surface area contributed by atoms with Gasteiger partial charge in [0, 0.05) is 32.3 Å². The van der Waals surface area contributed by atoms with Crippen LogP contribution in [0.2, 0.25) is 5.02 Å². The summed E-state index contributed by atoms with van der Waals surface area (Å²) in [5, 5.41) is 13.9. The molecular weight excluding hydrogens is 678 g/mol. The van der Waals surface area contributed by atoms with Gasteiger partial charge in [-0.05, 0) is 79.0 Å². The number of carbonyl (C=O) groups excluding carboxylic acids is 3. The molecule has 3 amide bonds. The van der Waals surface area contributed by atoms with Gasteiger partial charge >= 0.3 is 10.8 Å². The minimum atomic E-state index is -1.21. The number of aliphatic carboxylic acids is 1. The summed E-state index contributed by atoms with van der Waals surface area (Å²) in [4.78, 5) is 70.5. The highest BCUT2D eigenvalue weighted by Crippen LogP contribution is 2.69. The SMILES string of the molecule is COc1ccc(NC(=O)COc2ccc(Cl)cc2[C@H]2c3sc(=O)[nH]c3SC3C4CC(C5C(=O)N(C(CC(C)C)C(=O)O)C(=O)C45)C32)cc1. The molecule has 3 fully saturated rings. The van der Waals surface area contributed by atoms with E-state index in [1.165, 1.54) is 11.8 Å². The summed E-state index contributed by atoms with van der Waals surface area (Å²) < 4.78 is 11.3. The van der Waals surface area contributed by atoms with Gasteiger partial charge in [-0.25, -0.2) is 4.79 Å². The number of nitrogens with one attached hydrogen (secondary N) is 2. The quantitative estimate of drug-likeness (QED) is 0.244. The van der Waals surface area contributed by atoms with Crippen molar-refractivity contribution in [2.24, 2.45) is 35.5 Å². The molecule has 3 N–H and O–H groups in total. The summed E-state index contributed by atoms with van der Waals surface area (Å²) in [6, 6.07) is 10.9. The van der Waals surface area contributed by atoms with E-state index in [1.807, 2.05) is 13.8 Å². The van der Waals surface area contributed by atoms with Crippen molar-refractivity contribution in [1.29, 1.82) is 0 Å². The topological polar surface area (TPSA) is 155 Å². The number of thioether (sulfide) groups is 1. The number of hydrogen-bond donors (Lipinski definition) is 3. The first-order chi connectivity index (χ1) is 23.0. The molecule has 2 aliphatic carbocycles. The number of imide groups is 1. The first-order valence-corrected chi connectivity index (χ1v) is 17.9. The molecular formula is C34H34ClN3O8S2. The number of amides is 3. The van der Waals surface area contributed by atoms with Crippen molar-refractivity contribution in [2.75, 3.05) is 19.0 Å². The van der Waals surface area contributed by atoms with E-state index >= 15 is 0 Å². The van der Waals surface area contributed by atoms with Crippen molar-refractivity contribution >= 4 is 64.1 Å². The molecule has 3 aromatic rings. The smallest absolute Gasteiger partial charge is 0.326 e. The minimum Gasteiger partial charge on any atom is -0.497 e. The van der Waals surface area contributed by atoms with Gasteiger partial charge in [0.15, 0.2) is 6.61 Å². The molecule has 252 valence electrons. The lowest BCUT2D eigenvalue weighted by atomic mass is 9.68. The molecule has 11 nitrogen and oxygen atoms in total. The number of rotatable bonds is 10. The number of hydrogen-bond acceptors (Lipinski definition) is 9.